The number of carbonyl (C=O) groups is 2. The van der Waals surface area contributed by atoms with Gasteiger partial charge in [0.15, 0.2) is 0 Å². The number of hydrogen-bond acceptors (Lipinski definition) is 3. The fourth-order valence-corrected chi connectivity index (χ4v) is 2.67. The Morgan fingerprint density at radius 2 is 2.25 bits per heavy atom. The summed E-state index contributed by atoms with van der Waals surface area (Å²) in [5, 5.41) is 9.43. The zero-order chi connectivity index (χ0) is 14.7. The Labute approximate surface area is 122 Å². The molecule has 1 amide bonds. The predicted octanol–water partition coefficient (Wildman–Crippen LogP) is 2.04. The van der Waals surface area contributed by atoms with Gasteiger partial charge in [0.2, 0.25) is 0 Å². The summed E-state index contributed by atoms with van der Waals surface area (Å²) in [5.74, 6) is -1.13. The lowest BCUT2D eigenvalue weighted by Gasteiger charge is -2.23. The van der Waals surface area contributed by atoms with Gasteiger partial charge < -0.3 is 14.7 Å². The summed E-state index contributed by atoms with van der Waals surface area (Å²) in [7, 11) is 1.57. The Kier molecular flexibility index (Phi) is 4.62. The minimum atomic E-state index is -0.921. The number of carbonyl (C=O) groups excluding carboxylic acids is 1. The van der Waals surface area contributed by atoms with Gasteiger partial charge in [-0.3, -0.25) is 9.59 Å². The number of benzene rings is 1. The number of likely N-dealkylation sites (tertiary alicyclic amines) is 1. The molecule has 0 aromatic heterocycles. The van der Waals surface area contributed by atoms with Gasteiger partial charge in [-0.2, -0.15) is 0 Å². The molecule has 1 aliphatic rings. The van der Waals surface area contributed by atoms with Crippen molar-refractivity contribution in [2.75, 3.05) is 13.7 Å². The first-order valence-corrected chi connectivity index (χ1v) is 6.70. The highest BCUT2D eigenvalue weighted by Gasteiger charge is 2.36. The van der Waals surface area contributed by atoms with E-state index < -0.39 is 5.97 Å². The summed E-state index contributed by atoms with van der Waals surface area (Å²) in [4.78, 5) is 24.9. The summed E-state index contributed by atoms with van der Waals surface area (Å²) in [6, 6.07) is 6.30. The van der Waals surface area contributed by atoms with Crippen LogP contribution in [0.4, 0.5) is 0 Å². The molecule has 0 spiro atoms. The van der Waals surface area contributed by atoms with Gasteiger partial charge in [0.1, 0.15) is 0 Å². The fraction of sp³-hybridized carbons (Fsp3) is 0.429. The molecule has 1 aromatic rings. The van der Waals surface area contributed by atoms with E-state index in [2.05, 4.69) is 0 Å². The van der Waals surface area contributed by atoms with E-state index in [0.29, 0.717) is 23.6 Å². The average Bonchev–Trinajstić information content (AvgIpc) is 2.80. The van der Waals surface area contributed by atoms with Crippen LogP contribution in [0.5, 0.6) is 0 Å². The van der Waals surface area contributed by atoms with Crippen LogP contribution in [0.2, 0.25) is 5.02 Å². The highest BCUT2D eigenvalue weighted by atomic mass is 35.5. The van der Waals surface area contributed by atoms with Crippen molar-refractivity contribution in [3.05, 3.63) is 34.9 Å². The Morgan fingerprint density at radius 1 is 1.50 bits per heavy atom. The number of methoxy groups -OCH3 is 1. The number of rotatable bonds is 4. The number of halogens is 1. The van der Waals surface area contributed by atoms with Crippen molar-refractivity contribution in [1.82, 2.24) is 4.90 Å². The van der Waals surface area contributed by atoms with Crippen LogP contribution in [0.25, 0.3) is 0 Å². The molecule has 20 heavy (non-hydrogen) atoms. The molecule has 2 atom stereocenters. The van der Waals surface area contributed by atoms with Crippen molar-refractivity contribution in [2.45, 2.75) is 25.0 Å². The van der Waals surface area contributed by atoms with Gasteiger partial charge in [0, 0.05) is 30.3 Å². The molecule has 5 nitrogen and oxygen atoms in total. The topological polar surface area (TPSA) is 66.8 Å². The number of ether oxygens (including phenoxy) is 1. The summed E-state index contributed by atoms with van der Waals surface area (Å²) >= 11 is 5.88. The zero-order valence-corrected chi connectivity index (χ0v) is 11.8. The molecule has 1 aromatic carbocycles. The second kappa shape index (κ2) is 6.24. The summed E-state index contributed by atoms with van der Waals surface area (Å²) in [6.07, 6.45) is 0.337. The van der Waals surface area contributed by atoms with Crippen molar-refractivity contribution >= 4 is 23.5 Å². The third-order valence-corrected chi connectivity index (χ3v) is 3.69. The minimum Gasteiger partial charge on any atom is -0.481 e. The van der Waals surface area contributed by atoms with E-state index in [-0.39, 0.29) is 24.5 Å². The van der Waals surface area contributed by atoms with Crippen LogP contribution in [-0.2, 0) is 9.53 Å². The first-order valence-electron chi connectivity index (χ1n) is 6.32. The Balaban J connectivity index is 2.19. The van der Waals surface area contributed by atoms with E-state index >= 15 is 0 Å². The maximum Gasteiger partial charge on any atom is 0.305 e. The maximum atomic E-state index is 12.5. The average molecular weight is 298 g/mol. The number of hydrogen-bond donors (Lipinski definition) is 1. The number of carboxylic acid groups (broad SMARTS) is 1. The Bertz CT molecular complexity index is 520. The van der Waals surface area contributed by atoms with Crippen molar-refractivity contribution in [3.8, 4) is 0 Å². The van der Waals surface area contributed by atoms with Gasteiger partial charge in [-0.25, -0.2) is 0 Å². The van der Waals surface area contributed by atoms with Crippen LogP contribution < -0.4 is 0 Å². The lowest BCUT2D eigenvalue weighted by molar-refractivity contribution is -0.137. The largest absolute Gasteiger partial charge is 0.481 e. The van der Waals surface area contributed by atoms with Crippen molar-refractivity contribution < 1.29 is 19.4 Å². The van der Waals surface area contributed by atoms with Crippen LogP contribution in [0, 0.1) is 0 Å². The van der Waals surface area contributed by atoms with E-state index in [1.54, 1.807) is 36.3 Å². The van der Waals surface area contributed by atoms with Gasteiger partial charge in [0.25, 0.3) is 5.91 Å². The normalized spacial score (nSPS) is 22.0. The lowest BCUT2D eigenvalue weighted by Crippen LogP contribution is -2.37. The van der Waals surface area contributed by atoms with E-state index in [0.717, 1.165) is 0 Å². The molecule has 1 aliphatic heterocycles. The predicted molar refractivity (Wildman–Crippen MR) is 73.9 cm³/mol. The quantitative estimate of drug-likeness (QED) is 0.923. The van der Waals surface area contributed by atoms with E-state index in [1.807, 2.05) is 0 Å². The van der Waals surface area contributed by atoms with Gasteiger partial charge >= 0.3 is 5.97 Å². The van der Waals surface area contributed by atoms with Crippen LogP contribution in [0.15, 0.2) is 24.3 Å². The van der Waals surface area contributed by atoms with Gasteiger partial charge in [-0.15, -0.1) is 0 Å². The van der Waals surface area contributed by atoms with Crippen LogP contribution in [-0.4, -0.2) is 47.7 Å². The molecule has 0 bridgehead atoms. The first-order chi connectivity index (χ1) is 9.51. The molecule has 1 N–H and O–H groups in total. The molecule has 6 heteroatoms. The second-order valence-corrected chi connectivity index (χ2v) is 5.25. The Morgan fingerprint density at radius 3 is 2.85 bits per heavy atom. The lowest BCUT2D eigenvalue weighted by atomic mass is 10.1. The standard InChI is InChI=1S/C14H16ClNO4/c1-20-12-6-11(7-13(17)18)16(8-12)14(19)9-3-2-4-10(15)5-9/h2-5,11-12H,6-8H2,1H3,(H,17,18). The third-order valence-electron chi connectivity index (χ3n) is 3.45. The molecule has 2 unspecified atom stereocenters. The first kappa shape index (κ1) is 14.8. The highest BCUT2D eigenvalue weighted by molar-refractivity contribution is 6.30. The fourth-order valence-electron chi connectivity index (χ4n) is 2.48. The molecular formula is C14H16ClNO4. The Hall–Kier alpha value is -1.59. The van der Waals surface area contributed by atoms with Gasteiger partial charge in [-0.05, 0) is 24.6 Å². The molecule has 0 aliphatic carbocycles. The third kappa shape index (κ3) is 3.29. The number of carboxylic acids is 1. The molecule has 1 saturated heterocycles. The van der Waals surface area contributed by atoms with Crippen LogP contribution in [0.3, 0.4) is 0 Å². The zero-order valence-electron chi connectivity index (χ0n) is 11.1. The number of aliphatic carboxylic acids is 1. The molecule has 2 rings (SSSR count). The molecule has 0 saturated carbocycles. The number of amides is 1. The van der Waals surface area contributed by atoms with E-state index in [1.165, 1.54) is 0 Å². The van der Waals surface area contributed by atoms with Crippen molar-refractivity contribution in [2.24, 2.45) is 0 Å². The number of nitrogens with zero attached hydrogens (tertiary/aromatic N) is 1. The van der Waals surface area contributed by atoms with Crippen molar-refractivity contribution in [3.63, 3.8) is 0 Å². The van der Waals surface area contributed by atoms with Crippen LogP contribution >= 0.6 is 11.6 Å². The smallest absolute Gasteiger partial charge is 0.305 e. The SMILES string of the molecule is COC1CC(CC(=O)O)N(C(=O)c2cccc(Cl)c2)C1. The summed E-state index contributed by atoms with van der Waals surface area (Å²) < 4.78 is 5.25. The summed E-state index contributed by atoms with van der Waals surface area (Å²) in [5.41, 5.74) is 0.463. The van der Waals surface area contributed by atoms with Gasteiger partial charge in [0.05, 0.1) is 12.5 Å². The molecule has 1 heterocycles. The minimum absolute atomic E-state index is 0.0772. The molecule has 1 fully saturated rings. The van der Waals surface area contributed by atoms with Gasteiger partial charge in [-0.1, -0.05) is 17.7 Å². The van der Waals surface area contributed by atoms with E-state index in [9.17, 15) is 9.59 Å². The molecular weight excluding hydrogens is 282 g/mol. The summed E-state index contributed by atoms with van der Waals surface area (Å²) in [6.45, 7) is 0.403. The van der Waals surface area contributed by atoms with Crippen LogP contribution in [0.1, 0.15) is 23.2 Å². The monoisotopic (exact) mass is 297 g/mol. The second-order valence-electron chi connectivity index (χ2n) is 4.81. The highest BCUT2D eigenvalue weighted by Crippen LogP contribution is 2.25. The molecule has 108 valence electrons. The van der Waals surface area contributed by atoms with E-state index in [4.69, 9.17) is 21.4 Å². The molecule has 0 radical (unpaired) electrons. The van der Waals surface area contributed by atoms with Crippen molar-refractivity contribution in [1.29, 1.82) is 0 Å². The maximum absolute atomic E-state index is 12.5.